The minimum absolute atomic E-state index is 0.350. The highest BCUT2D eigenvalue weighted by Gasteiger charge is 2.10. The van der Waals surface area contributed by atoms with E-state index in [1.165, 1.54) is 6.08 Å². The van der Waals surface area contributed by atoms with Gasteiger partial charge in [0.05, 0.1) is 13.2 Å². The van der Waals surface area contributed by atoms with E-state index in [-0.39, 0.29) is 12.5 Å². The van der Waals surface area contributed by atoms with Gasteiger partial charge in [0.2, 0.25) is 0 Å². The van der Waals surface area contributed by atoms with Crippen LogP contribution in [0.5, 0.6) is 11.5 Å². The monoisotopic (exact) mass is 381 g/mol. The summed E-state index contributed by atoms with van der Waals surface area (Å²) >= 11 is 0. The van der Waals surface area contributed by atoms with E-state index >= 15 is 0 Å². The average molecular weight is 381 g/mol. The number of amides is 1. The number of nitrogens with one attached hydrogen (secondary N) is 1. The van der Waals surface area contributed by atoms with Crippen molar-refractivity contribution in [1.82, 2.24) is 0 Å². The molecule has 6 nitrogen and oxygen atoms in total. The van der Waals surface area contributed by atoms with Crippen molar-refractivity contribution in [2.75, 3.05) is 25.1 Å². The van der Waals surface area contributed by atoms with Crippen LogP contribution in [0.3, 0.4) is 0 Å². The summed E-state index contributed by atoms with van der Waals surface area (Å²) in [4.78, 5) is 23.9. The Kier molecular flexibility index (Phi) is 6.32. The summed E-state index contributed by atoms with van der Waals surface area (Å²) in [5.74, 6) is 0.371. The molecule has 0 saturated heterocycles. The molecule has 3 rings (SSSR count). The molecule has 1 amide bonds. The molecule has 1 aliphatic heterocycles. The maximum Gasteiger partial charge on any atom is 0.331 e. The molecule has 0 aliphatic carbocycles. The second-order valence-electron chi connectivity index (χ2n) is 6.56. The first-order valence-corrected chi connectivity index (χ1v) is 9.13. The highest BCUT2D eigenvalue weighted by atomic mass is 16.5. The van der Waals surface area contributed by atoms with E-state index in [2.05, 4.69) is 5.32 Å². The fourth-order valence-corrected chi connectivity index (χ4v) is 2.69. The van der Waals surface area contributed by atoms with Gasteiger partial charge in [-0.3, -0.25) is 4.79 Å². The Bertz CT molecular complexity index is 904. The molecule has 0 unspecified atom stereocenters. The zero-order chi connectivity index (χ0) is 19.9. The molecule has 1 heterocycles. The Hall–Kier alpha value is -3.28. The van der Waals surface area contributed by atoms with Crippen LogP contribution in [0.4, 0.5) is 5.69 Å². The first kappa shape index (κ1) is 19.5. The van der Waals surface area contributed by atoms with Crippen LogP contribution in [0.25, 0.3) is 6.08 Å². The maximum atomic E-state index is 12.0. The highest BCUT2D eigenvalue weighted by Crippen LogP contribution is 2.30. The molecule has 0 spiro atoms. The second kappa shape index (κ2) is 9.08. The molecular weight excluding hydrogens is 358 g/mol. The molecule has 0 radical (unpaired) electrons. The minimum Gasteiger partial charge on any atom is -0.490 e. The van der Waals surface area contributed by atoms with Crippen molar-refractivity contribution in [3.63, 3.8) is 0 Å². The number of carbonyl (C=O) groups excluding carboxylic acids is 2. The van der Waals surface area contributed by atoms with Crippen molar-refractivity contribution in [3.05, 3.63) is 59.2 Å². The molecular formula is C22H23NO5. The summed E-state index contributed by atoms with van der Waals surface area (Å²) in [5, 5.41) is 2.75. The smallest absolute Gasteiger partial charge is 0.331 e. The SMILES string of the molecule is Cc1ccc(C)c(NC(=O)COC(=O)/C=C/c2ccc3c(c2)OCCCO3)c1. The quantitative estimate of drug-likeness (QED) is 0.632. The molecule has 0 saturated carbocycles. The summed E-state index contributed by atoms with van der Waals surface area (Å²) in [6, 6.07) is 11.2. The Morgan fingerprint density at radius 2 is 1.86 bits per heavy atom. The molecule has 0 atom stereocenters. The lowest BCUT2D eigenvalue weighted by molar-refractivity contribution is -0.142. The molecule has 0 aromatic heterocycles. The number of hydrogen-bond acceptors (Lipinski definition) is 5. The van der Waals surface area contributed by atoms with Crippen LogP contribution in [-0.2, 0) is 14.3 Å². The van der Waals surface area contributed by atoms with E-state index in [4.69, 9.17) is 14.2 Å². The number of fused-ring (bicyclic) bond motifs is 1. The second-order valence-corrected chi connectivity index (χ2v) is 6.56. The zero-order valence-electron chi connectivity index (χ0n) is 16.0. The summed E-state index contributed by atoms with van der Waals surface area (Å²) in [6.07, 6.45) is 3.72. The molecule has 28 heavy (non-hydrogen) atoms. The molecule has 2 aromatic carbocycles. The molecule has 6 heteroatoms. The van der Waals surface area contributed by atoms with E-state index in [0.717, 1.165) is 23.1 Å². The lowest BCUT2D eigenvalue weighted by Crippen LogP contribution is -2.20. The average Bonchev–Trinajstić information content (AvgIpc) is 2.92. The van der Waals surface area contributed by atoms with Crippen molar-refractivity contribution in [3.8, 4) is 11.5 Å². The number of hydrogen-bond donors (Lipinski definition) is 1. The number of esters is 1. The van der Waals surface area contributed by atoms with E-state index < -0.39 is 5.97 Å². The highest BCUT2D eigenvalue weighted by molar-refractivity contribution is 5.95. The number of benzene rings is 2. The first-order chi connectivity index (χ1) is 13.5. The van der Waals surface area contributed by atoms with Crippen LogP contribution in [0, 0.1) is 13.8 Å². The van der Waals surface area contributed by atoms with Crippen LogP contribution < -0.4 is 14.8 Å². The van der Waals surface area contributed by atoms with Gasteiger partial charge in [-0.25, -0.2) is 4.79 Å². The van der Waals surface area contributed by atoms with Gasteiger partial charge in [-0.1, -0.05) is 18.2 Å². The first-order valence-electron chi connectivity index (χ1n) is 9.13. The third-order valence-electron chi connectivity index (χ3n) is 4.20. The van der Waals surface area contributed by atoms with Gasteiger partial charge in [0.1, 0.15) is 0 Å². The Morgan fingerprint density at radius 1 is 1.07 bits per heavy atom. The van der Waals surface area contributed by atoms with Gasteiger partial charge in [0.15, 0.2) is 18.1 Å². The molecule has 1 N–H and O–H groups in total. The predicted molar refractivity (Wildman–Crippen MR) is 107 cm³/mol. The van der Waals surface area contributed by atoms with Gasteiger partial charge in [0, 0.05) is 18.2 Å². The lowest BCUT2D eigenvalue weighted by atomic mass is 10.1. The van der Waals surface area contributed by atoms with Gasteiger partial charge in [-0.2, -0.15) is 0 Å². The molecule has 0 fully saturated rings. The van der Waals surface area contributed by atoms with E-state index in [1.54, 1.807) is 12.1 Å². The number of rotatable bonds is 5. The van der Waals surface area contributed by atoms with Gasteiger partial charge < -0.3 is 19.5 Å². The normalized spacial score (nSPS) is 13.1. The van der Waals surface area contributed by atoms with Gasteiger partial charge >= 0.3 is 5.97 Å². The largest absolute Gasteiger partial charge is 0.490 e. The minimum atomic E-state index is -0.594. The Morgan fingerprint density at radius 3 is 2.68 bits per heavy atom. The van der Waals surface area contributed by atoms with Crippen LogP contribution in [-0.4, -0.2) is 31.7 Å². The number of anilines is 1. The number of aryl methyl sites for hydroxylation is 2. The Labute approximate surface area is 164 Å². The van der Waals surface area contributed by atoms with Crippen LogP contribution in [0.1, 0.15) is 23.1 Å². The fraction of sp³-hybridized carbons (Fsp3) is 0.273. The standard InChI is InChI=1S/C22H23NO5/c1-15-4-5-16(2)18(12-15)23-21(24)14-28-22(25)9-7-17-6-8-19-20(13-17)27-11-3-10-26-19/h4-9,12-13H,3,10-11,14H2,1-2H3,(H,23,24)/b9-7+. The fourth-order valence-electron chi connectivity index (χ4n) is 2.69. The maximum absolute atomic E-state index is 12.0. The molecule has 1 aliphatic rings. The van der Waals surface area contributed by atoms with Gasteiger partial charge in [-0.15, -0.1) is 0 Å². The summed E-state index contributed by atoms with van der Waals surface area (Å²) in [5.41, 5.74) is 3.47. The van der Waals surface area contributed by atoms with Crippen molar-refractivity contribution in [1.29, 1.82) is 0 Å². The van der Waals surface area contributed by atoms with Crippen molar-refractivity contribution >= 4 is 23.6 Å². The lowest BCUT2D eigenvalue weighted by Gasteiger charge is -2.09. The molecule has 2 aromatic rings. The third kappa shape index (κ3) is 5.36. The van der Waals surface area contributed by atoms with Crippen molar-refractivity contribution in [2.45, 2.75) is 20.3 Å². The van der Waals surface area contributed by atoms with Gasteiger partial charge in [0.25, 0.3) is 5.91 Å². The van der Waals surface area contributed by atoms with Crippen molar-refractivity contribution in [2.24, 2.45) is 0 Å². The Balaban J connectivity index is 1.52. The van der Waals surface area contributed by atoms with E-state index in [9.17, 15) is 9.59 Å². The summed E-state index contributed by atoms with van der Waals surface area (Å²) < 4.78 is 16.2. The van der Waals surface area contributed by atoms with Crippen LogP contribution in [0.2, 0.25) is 0 Å². The summed E-state index contributed by atoms with van der Waals surface area (Å²) in [7, 11) is 0. The topological polar surface area (TPSA) is 73.9 Å². The summed E-state index contributed by atoms with van der Waals surface area (Å²) in [6.45, 7) is 4.72. The van der Waals surface area contributed by atoms with Crippen molar-refractivity contribution < 1.29 is 23.8 Å². The predicted octanol–water partition coefficient (Wildman–Crippen LogP) is 3.66. The van der Waals surface area contributed by atoms with Gasteiger partial charge in [-0.05, 0) is 54.8 Å². The van der Waals surface area contributed by atoms with E-state index in [1.807, 2.05) is 44.2 Å². The van der Waals surface area contributed by atoms with Crippen LogP contribution >= 0.6 is 0 Å². The number of carbonyl (C=O) groups is 2. The molecule has 146 valence electrons. The zero-order valence-corrected chi connectivity index (χ0v) is 16.0. The third-order valence-corrected chi connectivity index (χ3v) is 4.20. The van der Waals surface area contributed by atoms with E-state index in [0.29, 0.717) is 30.4 Å². The molecule has 0 bridgehead atoms. The van der Waals surface area contributed by atoms with Crippen LogP contribution in [0.15, 0.2) is 42.5 Å². The number of ether oxygens (including phenoxy) is 3.